The molecule has 0 spiro atoms. The standard InChI is InChI=1S/C13H22N2/c1-6-15-11-7-12(2,3)9-13(4,5)10(11)8-14-15/h8H,6-7,9H2,1-5H3. The number of nitrogens with zero attached hydrogens (tertiary/aromatic N) is 2. The monoisotopic (exact) mass is 206 g/mol. The van der Waals surface area contributed by atoms with E-state index in [-0.39, 0.29) is 5.41 Å². The zero-order chi connectivity index (χ0) is 11.3. The molecule has 0 unspecified atom stereocenters. The van der Waals surface area contributed by atoms with Crippen molar-refractivity contribution in [2.24, 2.45) is 5.41 Å². The molecule has 2 heteroatoms. The van der Waals surface area contributed by atoms with Crippen LogP contribution in [0, 0.1) is 5.41 Å². The van der Waals surface area contributed by atoms with Crippen molar-refractivity contribution < 1.29 is 0 Å². The summed E-state index contributed by atoms with van der Waals surface area (Å²) in [5, 5.41) is 4.49. The minimum Gasteiger partial charge on any atom is -0.270 e. The number of hydrogen-bond donors (Lipinski definition) is 0. The molecule has 1 heterocycles. The molecule has 0 N–H and O–H groups in total. The van der Waals surface area contributed by atoms with Gasteiger partial charge in [0.1, 0.15) is 0 Å². The Bertz CT molecular complexity index is 372. The third kappa shape index (κ3) is 1.70. The van der Waals surface area contributed by atoms with E-state index in [0.29, 0.717) is 5.41 Å². The fraction of sp³-hybridized carbons (Fsp3) is 0.769. The molecule has 0 aromatic carbocycles. The second kappa shape index (κ2) is 3.10. The van der Waals surface area contributed by atoms with Crippen LogP contribution in [0.4, 0.5) is 0 Å². The Balaban J connectivity index is 2.52. The van der Waals surface area contributed by atoms with Gasteiger partial charge < -0.3 is 0 Å². The van der Waals surface area contributed by atoms with Gasteiger partial charge in [-0.2, -0.15) is 5.10 Å². The predicted octanol–water partition coefficient (Wildman–Crippen LogP) is 3.15. The molecule has 0 atom stereocenters. The normalized spacial score (nSPS) is 22.5. The van der Waals surface area contributed by atoms with Crippen molar-refractivity contribution in [3.63, 3.8) is 0 Å². The first-order chi connectivity index (χ1) is 6.86. The summed E-state index contributed by atoms with van der Waals surface area (Å²) < 4.78 is 2.16. The quantitative estimate of drug-likeness (QED) is 0.690. The first-order valence-corrected chi connectivity index (χ1v) is 5.91. The molecule has 0 saturated heterocycles. The maximum absolute atomic E-state index is 4.49. The second-order valence-electron chi connectivity index (χ2n) is 6.22. The molecule has 0 aliphatic heterocycles. The summed E-state index contributed by atoms with van der Waals surface area (Å²) in [5.41, 5.74) is 3.61. The fourth-order valence-electron chi connectivity index (χ4n) is 3.24. The molecule has 15 heavy (non-hydrogen) atoms. The molecule has 1 aliphatic rings. The van der Waals surface area contributed by atoms with Gasteiger partial charge in [0.2, 0.25) is 0 Å². The predicted molar refractivity (Wildman–Crippen MR) is 63.0 cm³/mol. The van der Waals surface area contributed by atoms with Crippen LogP contribution in [0.5, 0.6) is 0 Å². The van der Waals surface area contributed by atoms with Gasteiger partial charge in [-0.25, -0.2) is 0 Å². The summed E-state index contributed by atoms with van der Waals surface area (Å²) >= 11 is 0. The lowest BCUT2D eigenvalue weighted by molar-refractivity contribution is 0.225. The Morgan fingerprint density at radius 3 is 2.60 bits per heavy atom. The molecular weight excluding hydrogens is 184 g/mol. The summed E-state index contributed by atoms with van der Waals surface area (Å²) in [6.07, 6.45) is 4.50. The van der Waals surface area contributed by atoms with Gasteiger partial charge in [-0.05, 0) is 36.2 Å². The van der Waals surface area contributed by atoms with Gasteiger partial charge >= 0.3 is 0 Å². The van der Waals surface area contributed by atoms with Crippen molar-refractivity contribution >= 4 is 0 Å². The van der Waals surface area contributed by atoms with E-state index in [0.717, 1.165) is 6.54 Å². The van der Waals surface area contributed by atoms with E-state index >= 15 is 0 Å². The van der Waals surface area contributed by atoms with Gasteiger partial charge in [0.15, 0.2) is 0 Å². The van der Waals surface area contributed by atoms with Crippen LogP contribution in [0.1, 0.15) is 52.3 Å². The number of fused-ring (bicyclic) bond motifs is 1. The molecule has 1 aromatic rings. The molecule has 0 saturated carbocycles. The zero-order valence-corrected chi connectivity index (χ0v) is 10.6. The number of hydrogen-bond acceptors (Lipinski definition) is 1. The first-order valence-electron chi connectivity index (χ1n) is 5.91. The minimum atomic E-state index is 0.282. The van der Waals surface area contributed by atoms with Crippen LogP contribution in [0.2, 0.25) is 0 Å². The summed E-state index contributed by atoms with van der Waals surface area (Å²) in [6, 6.07) is 0. The molecule has 0 radical (unpaired) electrons. The average Bonchev–Trinajstić information content (AvgIpc) is 2.43. The van der Waals surface area contributed by atoms with Crippen LogP contribution < -0.4 is 0 Å². The van der Waals surface area contributed by atoms with Crippen molar-refractivity contribution in [3.05, 3.63) is 17.5 Å². The van der Waals surface area contributed by atoms with Crippen molar-refractivity contribution in [1.29, 1.82) is 0 Å². The molecule has 0 bridgehead atoms. The van der Waals surface area contributed by atoms with E-state index < -0.39 is 0 Å². The zero-order valence-electron chi connectivity index (χ0n) is 10.6. The third-order valence-corrected chi connectivity index (χ3v) is 3.54. The topological polar surface area (TPSA) is 17.8 Å². The number of aryl methyl sites for hydroxylation is 1. The number of rotatable bonds is 1. The summed E-state index contributed by atoms with van der Waals surface area (Å²) in [4.78, 5) is 0. The number of aromatic nitrogens is 2. The van der Waals surface area contributed by atoms with Crippen LogP contribution in [-0.2, 0) is 18.4 Å². The molecule has 1 aliphatic carbocycles. The van der Waals surface area contributed by atoms with Gasteiger partial charge in [-0.15, -0.1) is 0 Å². The Morgan fingerprint density at radius 1 is 1.33 bits per heavy atom. The SMILES string of the molecule is CCn1ncc2c1CC(C)(C)CC2(C)C. The van der Waals surface area contributed by atoms with Crippen molar-refractivity contribution in [1.82, 2.24) is 9.78 Å². The minimum absolute atomic E-state index is 0.282. The Kier molecular flexibility index (Phi) is 2.21. The van der Waals surface area contributed by atoms with Crippen molar-refractivity contribution in [2.75, 3.05) is 0 Å². The lowest BCUT2D eigenvalue weighted by Crippen LogP contribution is -2.35. The maximum atomic E-state index is 4.49. The summed E-state index contributed by atoms with van der Waals surface area (Å²) in [7, 11) is 0. The molecule has 0 fully saturated rings. The molecule has 0 amide bonds. The van der Waals surface area contributed by atoms with Gasteiger partial charge in [-0.1, -0.05) is 27.7 Å². The van der Waals surface area contributed by atoms with E-state index in [4.69, 9.17) is 0 Å². The highest BCUT2D eigenvalue weighted by Gasteiger charge is 2.39. The van der Waals surface area contributed by atoms with Crippen molar-refractivity contribution in [3.8, 4) is 0 Å². The van der Waals surface area contributed by atoms with Gasteiger partial charge in [0.05, 0.1) is 6.20 Å². The highest BCUT2D eigenvalue weighted by Crippen LogP contribution is 2.45. The molecule has 2 rings (SSSR count). The second-order valence-corrected chi connectivity index (χ2v) is 6.22. The van der Waals surface area contributed by atoms with E-state index in [1.807, 2.05) is 0 Å². The summed E-state index contributed by atoms with van der Waals surface area (Å²) in [6.45, 7) is 12.6. The Labute approximate surface area is 92.7 Å². The molecular formula is C13H22N2. The average molecular weight is 206 g/mol. The highest BCUT2D eigenvalue weighted by molar-refractivity contribution is 5.31. The van der Waals surface area contributed by atoms with Gasteiger partial charge in [-0.3, -0.25) is 4.68 Å². The summed E-state index contributed by atoms with van der Waals surface area (Å²) in [5.74, 6) is 0. The Hall–Kier alpha value is -0.790. The fourth-order valence-corrected chi connectivity index (χ4v) is 3.24. The Morgan fingerprint density at radius 2 is 2.00 bits per heavy atom. The maximum Gasteiger partial charge on any atom is 0.0530 e. The van der Waals surface area contributed by atoms with Gasteiger partial charge in [0, 0.05) is 12.2 Å². The highest BCUT2D eigenvalue weighted by atomic mass is 15.3. The van der Waals surface area contributed by atoms with E-state index in [1.165, 1.54) is 24.1 Å². The lowest BCUT2D eigenvalue weighted by Gasteiger charge is -2.40. The smallest absolute Gasteiger partial charge is 0.0530 e. The van der Waals surface area contributed by atoms with E-state index in [9.17, 15) is 0 Å². The van der Waals surface area contributed by atoms with Crippen LogP contribution in [0.15, 0.2) is 6.20 Å². The van der Waals surface area contributed by atoms with Crippen LogP contribution in [-0.4, -0.2) is 9.78 Å². The van der Waals surface area contributed by atoms with Gasteiger partial charge in [0.25, 0.3) is 0 Å². The largest absolute Gasteiger partial charge is 0.270 e. The lowest BCUT2D eigenvalue weighted by atomic mass is 9.64. The molecule has 84 valence electrons. The molecule has 1 aromatic heterocycles. The first kappa shape index (κ1) is 10.7. The van der Waals surface area contributed by atoms with Crippen LogP contribution >= 0.6 is 0 Å². The van der Waals surface area contributed by atoms with Crippen molar-refractivity contribution in [2.45, 2.75) is 59.4 Å². The van der Waals surface area contributed by atoms with Crippen LogP contribution in [0.25, 0.3) is 0 Å². The van der Waals surface area contributed by atoms with E-state index in [1.54, 1.807) is 0 Å². The van der Waals surface area contributed by atoms with E-state index in [2.05, 4.69) is 50.6 Å². The third-order valence-electron chi connectivity index (χ3n) is 3.54. The van der Waals surface area contributed by atoms with Crippen LogP contribution in [0.3, 0.4) is 0 Å². The molecule has 2 nitrogen and oxygen atoms in total.